The van der Waals surface area contributed by atoms with E-state index in [1.54, 1.807) is 0 Å². The van der Waals surface area contributed by atoms with Crippen LogP contribution in [0.1, 0.15) is 32.8 Å². The monoisotopic (exact) mass is 265 g/mol. The van der Waals surface area contributed by atoms with Crippen LogP contribution in [0.3, 0.4) is 0 Å². The summed E-state index contributed by atoms with van der Waals surface area (Å²) in [5.41, 5.74) is 7.01. The molecule has 1 rings (SSSR count). The Bertz CT molecular complexity index is 350. The predicted octanol–water partition coefficient (Wildman–Crippen LogP) is 3.02. The van der Waals surface area contributed by atoms with E-state index in [2.05, 4.69) is 26.0 Å². The number of ether oxygens (including phenoxy) is 2. The highest BCUT2D eigenvalue weighted by atomic mass is 16.5. The molecule has 0 fully saturated rings. The van der Waals surface area contributed by atoms with E-state index in [1.165, 1.54) is 5.56 Å². The lowest BCUT2D eigenvalue weighted by Gasteiger charge is -2.10. The first kappa shape index (κ1) is 16.0. The minimum Gasteiger partial charge on any atom is -0.491 e. The van der Waals surface area contributed by atoms with Crippen LogP contribution >= 0.6 is 0 Å². The molecule has 0 aliphatic heterocycles. The van der Waals surface area contributed by atoms with Gasteiger partial charge in [0, 0.05) is 12.6 Å². The van der Waals surface area contributed by atoms with Crippen LogP contribution in [0, 0.1) is 5.92 Å². The van der Waals surface area contributed by atoms with Gasteiger partial charge in [0.1, 0.15) is 12.4 Å². The van der Waals surface area contributed by atoms with Gasteiger partial charge in [-0.05, 0) is 43.4 Å². The molecule has 0 spiro atoms. The summed E-state index contributed by atoms with van der Waals surface area (Å²) in [6.07, 6.45) is 1.98. The van der Waals surface area contributed by atoms with E-state index in [0.29, 0.717) is 19.1 Å². The number of benzene rings is 1. The molecule has 0 saturated heterocycles. The minimum atomic E-state index is 0.176. The van der Waals surface area contributed by atoms with Gasteiger partial charge in [0.2, 0.25) is 0 Å². The SMILES string of the molecule is CC(C)CCOCCOc1cccc(CC(C)N)c1. The summed E-state index contributed by atoms with van der Waals surface area (Å²) in [7, 11) is 0. The van der Waals surface area contributed by atoms with E-state index in [-0.39, 0.29) is 6.04 Å². The summed E-state index contributed by atoms with van der Waals surface area (Å²) in [5, 5.41) is 0. The van der Waals surface area contributed by atoms with Crippen molar-refractivity contribution in [3.05, 3.63) is 29.8 Å². The average Bonchev–Trinajstić information content (AvgIpc) is 2.33. The number of nitrogens with two attached hydrogens (primary N) is 1. The fraction of sp³-hybridized carbons (Fsp3) is 0.625. The topological polar surface area (TPSA) is 44.5 Å². The summed E-state index contributed by atoms with van der Waals surface area (Å²) in [6.45, 7) is 8.46. The second kappa shape index (κ2) is 8.94. The van der Waals surface area contributed by atoms with Crippen LogP contribution in [0.15, 0.2) is 24.3 Å². The van der Waals surface area contributed by atoms with E-state index < -0.39 is 0 Å². The van der Waals surface area contributed by atoms with Crippen LogP contribution in [-0.4, -0.2) is 25.9 Å². The van der Waals surface area contributed by atoms with Crippen molar-refractivity contribution in [1.29, 1.82) is 0 Å². The van der Waals surface area contributed by atoms with Gasteiger partial charge in [0.25, 0.3) is 0 Å². The third-order valence-corrected chi connectivity index (χ3v) is 2.79. The summed E-state index contributed by atoms with van der Waals surface area (Å²) >= 11 is 0. The van der Waals surface area contributed by atoms with Gasteiger partial charge in [-0.15, -0.1) is 0 Å². The fourth-order valence-corrected chi connectivity index (χ4v) is 1.77. The van der Waals surface area contributed by atoms with E-state index in [4.69, 9.17) is 15.2 Å². The zero-order chi connectivity index (χ0) is 14.1. The van der Waals surface area contributed by atoms with Crippen LogP contribution in [0.25, 0.3) is 0 Å². The molecule has 1 aromatic carbocycles. The molecule has 0 aliphatic carbocycles. The third-order valence-electron chi connectivity index (χ3n) is 2.79. The van der Waals surface area contributed by atoms with Gasteiger partial charge in [-0.3, -0.25) is 0 Å². The molecule has 1 atom stereocenters. The molecule has 19 heavy (non-hydrogen) atoms. The Morgan fingerprint density at radius 3 is 2.58 bits per heavy atom. The Morgan fingerprint density at radius 2 is 1.89 bits per heavy atom. The molecule has 108 valence electrons. The maximum atomic E-state index is 5.79. The van der Waals surface area contributed by atoms with E-state index in [0.717, 1.165) is 25.2 Å². The van der Waals surface area contributed by atoms with Crippen molar-refractivity contribution in [3.8, 4) is 5.75 Å². The maximum Gasteiger partial charge on any atom is 0.119 e. The van der Waals surface area contributed by atoms with Crippen molar-refractivity contribution in [1.82, 2.24) is 0 Å². The molecular weight excluding hydrogens is 238 g/mol. The zero-order valence-corrected chi connectivity index (χ0v) is 12.4. The molecule has 0 bridgehead atoms. The number of hydrogen-bond donors (Lipinski definition) is 1. The van der Waals surface area contributed by atoms with Crippen molar-refractivity contribution in [3.63, 3.8) is 0 Å². The zero-order valence-electron chi connectivity index (χ0n) is 12.4. The fourth-order valence-electron chi connectivity index (χ4n) is 1.77. The first-order valence-corrected chi connectivity index (χ1v) is 7.13. The van der Waals surface area contributed by atoms with Crippen LogP contribution in [-0.2, 0) is 11.2 Å². The van der Waals surface area contributed by atoms with Gasteiger partial charge in [-0.2, -0.15) is 0 Å². The second-order valence-corrected chi connectivity index (χ2v) is 5.47. The van der Waals surface area contributed by atoms with Crippen molar-refractivity contribution in [2.45, 2.75) is 39.7 Å². The van der Waals surface area contributed by atoms with Gasteiger partial charge < -0.3 is 15.2 Å². The normalized spacial score (nSPS) is 12.7. The summed E-state index contributed by atoms with van der Waals surface area (Å²) in [5.74, 6) is 1.58. The lowest BCUT2D eigenvalue weighted by atomic mass is 10.1. The van der Waals surface area contributed by atoms with Crippen molar-refractivity contribution >= 4 is 0 Å². The highest BCUT2D eigenvalue weighted by Crippen LogP contribution is 2.14. The highest BCUT2D eigenvalue weighted by Gasteiger charge is 2.00. The lowest BCUT2D eigenvalue weighted by Crippen LogP contribution is -2.17. The third kappa shape index (κ3) is 7.85. The Balaban J connectivity index is 2.22. The first-order valence-electron chi connectivity index (χ1n) is 7.13. The Morgan fingerprint density at radius 1 is 1.11 bits per heavy atom. The molecule has 1 aromatic rings. The Hall–Kier alpha value is -1.06. The van der Waals surface area contributed by atoms with Crippen LogP contribution in [0.5, 0.6) is 5.75 Å². The van der Waals surface area contributed by atoms with Gasteiger partial charge in [-0.1, -0.05) is 26.0 Å². The predicted molar refractivity (Wildman–Crippen MR) is 79.6 cm³/mol. The molecule has 2 N–H and O–H groups in total. The summed E-state index contributed by atoms with van der Waals surface area (Å²) < 4.78 is 11.2. The lowest BCUT2D eigenvalue weighted by molar-refractivity contribution is 0.0925. The molecule has 3 heteroatoms. The van der Waals surface area contributed by atoms with Crippen LogP contribution in [0.2, 0.25) is 0 Å². The average molecular weight is 265 g/mol. The molecule has 0 aliphatic rings. The molecule has 3 nitrogen and oxygen atoms in total. The van der Waals surface area contributed by atoms with Gasteiger partial charge in [-0.25, -0.2) is 0 Å². The molecular formula is C16H27NO2. The van der Waals surface area contributed by atoms with E-state index >= 15 is 0 Å². The molecule has 0 heterocycles. The van der Waals surface area contributed by atoms with Crippen molar-refractivity contribution in [2.75, 3.05) is 19.8 Å². The Kier molecular flexibility index (Phi) is 7.53. The summed E-state index contributed by atoms with van der Waals surface area (Å²) in [4.78, 5) is 0. The number of rotatable bonds is 9. The van der Waals surface area contributed by atoms with Crippen molar-refractivity contribution < 1.29 is 9.47 Å². The van der Waals surface area contributed by atoms with Crippen molar-refractivity contribution in [2.24, 2.45) is 11.7 Å². The quantitative estimate of drug-likeness (QED) is 0.698. The van der Waals surface area contributed by atoms with Crippen LogP contribution < -0.4 is 10.5 Å². The summed E-state index contributed by atoms with van der Waals surface area (Å²) in [6, 6.07) is 8.28. The molecule has 0 saturated carbocycles. The van der Waals surface area contributed by atoms with Gasteiger partial charge in [0.15, 0.2) is 0 Å². The van der Waals surface area contributed by atoms with E-state index in [1.807, 2.05) is 19.1 Å². The van der Waals surface area contributed by atoms with Crippen LogP contribution in [0.4, 0.5) is 0 Å². The molecule has 0 aromatic heterocycles. The smallest absolute Gasteiger partial charge is 0.119 e. The number of hydrogen-bond acceptors (Lipinski definition) is 3. The Labute approximate surface area is 117 Å². The first-order chi connectivity index (χ1) is 9.08. The van der Waals surface area contributed by atoms with E-state index in [9.17, 15) is 0 Å². The molecule has 0 radical (unpaired) electrons. The van der Waals surface area contributed by atoms with Gasteiger partial charge in [0.05, 0.1) is 6.61 Å². The molecule has 0 amide bonds. The largest absolute Gasteiger partial charge is 0.491 e. The minimum absolute atomic E-state index is 0.176. The molecule has 1 unspecified atom stereocenters. The second-order valence-electron chi connectivity index (χ2n) is 5.47. The highest BCUT2D eigenvalue weighted by molar-refractivity contribution is 5.28. The standard InChI is InChI=1S/C16H27NO2/c1-13(2)7-8-18-9-10-19-16-6-4-5-15(12-16)11-14(3)17/h4-6,12-14H,7-11,17H2,1-3H3. The van der Waals surface area contributed by atoms with Gasteiger partial charge >= 0.3 is 0 Å². The maximum absolute atomic E-state index is 5.79.